The van der Waals surface area contributed by atoms with E-state index in [-0.39, 0.29) is 0 Å². The number of hydrogen-bond donors (Lipinski definition) is 1. The van der Waals surface area contributed by atoms with Crippen molar-refractivity contribution in [2.45, 2.75) is 13.3 Å². The average Bonchev–Trinajstić information content (AvgIpc) is 1.68. The fourth-order valence-corrected chi connectivity index (χ4v) is 0.498. The molecule has 0 aromatic heterocycles. The Labute approximate surface area is 50.4 Å². The van der Waals surface area contributed by atoms with E-state index in [1.54, 1.807) is 6.08 Å². The van der Waals surface area contributed by atoms with Crippen molar-refractivity contribution in [2.24, 2.45) is 0 Å². The molecule has 0 aliphatic carbocycles. The first-order chi connectivity index (χ1) is 3.81. The first-order valence-electron chi connectivity index (χ1n) is 2.86. The van der Waals surface area contributed by atoms with E-state index in [0.29, 0.717) is 6.54 Å². The summed E-state index contributed by atoms with van der Waals surface area (Å²) >= 11 is 0. The molecule has 0 bridgehead atoms. The molecule has 0 saturated heterocycles. The summed E-state index contributed by atoms with van der Waals surface area (Å²) in [6.45, 7) is 6.79. The van der Waals surface area contributed by atoms with Crippen molar-refractivity contribution in [3.63, 3.8) is 0 Å². The van der Waals surface area contributed by atoms with E-state index in [1.807, 2.05) is 6.92 Å². The van der Waals surface area contributed by atoms with Crippen LogP contribution in [0.5, 0.6) is 0 Å². The van der Waals surface area contributed by atoms with Gasteiger partial charge in [0.25, 0.3) is 0 Å². The van der Waals surface area contributed by atoms with Gasteiger partial charge in [0.15, 0.2) is 0 Å². The monoisotopic (exact) mass is 115 g/mol. The quantitative estimate of drug-likeness (QED) is 0.440. The molecule has 0 aliphatic heterocycles. The highest BCUT2D eigenvalue weighted by Crippen LogP contribution is 1.83. The molecule has 0 rings (SSSR count). The van der Waals surface area contributed by atoms with Crippen LogP contribution < -0.4 is 0 Å². The predicted octanol–water partition coefficient (Wildman–Crippen LogP) is 1.27. The summed E-state index contributed by atoms with van der Waals surface area (Å²) in [5, 5.41) is 10.1. The first kappa shape index (κ1) is 7.66. The van der Waals surface area contributed by atoms with Crippen molar-refractivity contribution < 1.29 is 5.21 Å². The van der Waals surface area contributed by atoms with Crippen molar-refractivity contribution in [1.82, 2.24) is 5.06 Å². The molecular weight excluding hydrogens is 102 g/mol. The van der Waals surface area contributed by atoms with E-state index in [4.69, 9.17) is 5.21 Å². The van der Waals surface area contributed by atoms with Gasteiger partial charge in [-0.1, -0.05) is 13.0 Å². The molecule has 0 fully saturated rings. The molecule has 0 spiro atoms. The van der Waals surface area contributed by atoms with Crippen molar-refractivity contribution in [2.75, 3.05) is 13.1 Å². The minimum absolute atomic E-state index is 0.563. The Hall–Kier alpha value is -0.340. The molecule has 0 amide bonds. The maximum Gasteiger partial charge on any atom is 0.0416 e. The zero-order chi connectivity index (χ0) is 6.41. The van der Waals surface area contributed by atoms with Gasteiger partial charge in [0.1, 0.15) is 0 Å². The standard InChI is InChI=1S/C6H13NO/c1-3-5-7(8)6-4-2/h3,8H,1,4-6H2,2H3. The van der Waals surface area contributed by atoms with Crippen LogP contribution in [-0.2, 0) is 0 Å². The van der Waals surface area contributed by atoms with Gasteiger partial charge in [0.2, 0.25) is 0 Å². The Morgan fingerprint density at radius 2 is 2.38 bits per heavy atom. The van der Waals surface area contributed by atoms with Crippen molar-refractivity contribution in [3.05, 3.63) is 12.7 Å². The molecule has 0 heterocycles. The van der Waals surface area contributed by atoms with Crippen LogP contribution in [0.3, 0.4) is 0 Å². The largest absolute Gasteiger partial charge is 0.314 e. The van der Waals surface area contributed by atoms with E-state index in [1.165, 1.54) is 5.06 Å². The second-order valence-corrected chi connectivity index (χ2v) is 1.70. The second-order valence-electron chi connectivity index (χ2n) is 1.70. The van der Waals surface area contributed by atoms with Crippen LogP contribution in [0.2, 0.25) is 0 Å². The molecule has 0 aromatic carbocycles. The van der Waals surface area contributed by atoms with Crippen LogP contribution in [0.15, 0.2) is 12.7 Å². The lowest BCUT2D eigenvalue weighted by atomic mass is 10.4. The molecule has 0 unspecified atom stereocenters. The van der Waals surface area contributed by atoms with Gasteiger partial charge in [-0.25, -0.2) is 0 Å². The lowest BCUT2D eigenvalue weighted by Gasteiger charge is -2.08. The zero-order valence-corrected chi connectivity index (χ0v) is 5.30. The number of nitrogens with zero attached hydrogens (tertiary/aromatic N) is 1. The smallest absolute Gasteiger partial charge is 0.0416 e. The van der Waals surface area contributed by atoms with Gasteiger partial charge in [-0.15, -0.1) is 6.58 Å². The van der Waals surface area contributed by atoms with Crippen LogP contribution in [0.1, 0.15) is 13.3 Å². The van der Waals surface area contributed by atoms with Gasteiger partial charge in [-0.3, -0.25) is 0 Å². The third-order valence-electron chi connectivity index (χ3n) is 0.822. The molecule has 0 atom stereocenters. The fraction of sp³-hybridized carbons (Fsp3) is 0.667. The molecule has 2 nitrogen and oxygen atoms in total. The van der Waals surface area contributed by atoms with Gasteiger partial charge >= 0.3 is 0 Å². The lowest BCUT2D eigenvalue weighted by molar-refractivity contribution is -0.0797. The van der Waals surface area contributed by atoms with E-state index in [2.05, 4.69) is 6.58 Å². The Kier molecular flexibility index (Phi) is 4.61. The van der Waals surface area contributed by atoms with E-state index < -0.39 is 0 Å². The van der Waals surface area contributed by atoms with Gasteiger partial charge in [0, 0.05) is 13.1 Å². The predicted molar refractivity (Wildman–Crippen MR) is 33.8 cm³/mol. The topological polar surface area (TPSA) is 23.5 Å². The molecule has 0 aliphatic rings. The Morgan fingerprint density at radius 1 is 1.75 bits per heavy atom. The van der Waals surface area contributed by atoms with E-state index in [9.17, 15) is 0 Å². The summed E-state index contributed by atoms with van der Waals surface area (Å²) in [6, 6.07) is 0. The van der Waals surface area contributed by atoms with Gasteiger partial charge in [-0.05, 0) is 6.42 Å². The van der Waals surface area contributed by atoms with Gasteiger partial charge < -0.3 is 5.21 Å². The minimum atomic E-state index is 0.563. The number of hydrogen-bond acceptors (Lipinski definition) is 2. The maximum absolute atomic E-state index is 8.81. The normalized spacial score (nSPS) is 9.88. The molecular formula is C6H13NO. The summed E-state index contributed by atoms with van der Waals surface area (Å²) in [6.07, 6.45) is 2.65. The lowest BCUT2D eigenvalue weighted by Crippen LogP contribution is -2.19. The summed E-state index contributed by atoms with van der Waals surface area (Å²) in [7, 11) is 0. The van der Waals surface area contributed by atoms with Crippen molar-refractivity contribution in [1.29, 1.82) is 0 Å². The second kappa shape index (κ2) is 4.81. The van der Waals surface area contributed by atoms with Gasteiger partial charge in [0.05, 0.1) is 0 Å². The van der Waals surface area contributed by atoms with Gasteiger partial charge in [-0.2, -0.15) is 5.06 Å². The Balaban J connectivity index is 3.03. The third-order valence-corrected chi connectivity index (χ3v) is 0.822. The molecule has 48 valence electrons. The average molecular weight is 115 g/mol. The highest BCUT2D eigenvalue weighted by Gasteiger charge is 1.90. The molecule has 0 saturated carbocycles. The number of hydroxylamine groups is 2. The van der Waals surface area contributed by atoms with Crippen LogP contribution in [0, 0.1) is 0 Å². The van der Waals surface area contributed by atoms with Crippen molar-refractivity contribution in [3.8, 4) is 0 Å². The van der Waals surface area contributed by atoms with Crippen molar-refractivity contribution >= 4 is 0 Å². The molecule has 1 N–H and O–H groups in total. The number of rotatable bonds is 4. The van der Waals surface area contributed by atoms with Crippen LogP contribution in [0.4, 0.5) is 0 Å². The third kappa shape index (κ3) is 3.84. The highest BCUT2D eigenvalue weighted by atomic mass is 16.5. The van der Waals surface area contributed by atoms with E-state index >= 15 is 0 Å². The Morgan fingerprint density at radius 3 is 2.75 bits per heavy atom. The van der Waals surface area contributed by atoms with Crippen LogP contribution >= 0.6 is 0 Å². The van der Waals surface area contributed by atoms with E-state index in [0.717, 1.165) is 13.0 Å². The Bertz CT molecular complexity index is 63.5. The fourth-order valence-electron chi connectivity index (χ4n) is 0.498. The first-order valence-corrected chi connectivity index (χ1v) is 2.86. The summed E-state index contributed by atoms with van der Waals surface area (Å²) in [4.78, 5) is 0. The maximum atomic E-state index is 8.81. The minimum Gasteiger partial charge on any atom is -0.314 e. The molecule has 8 heavy (non-hydrogen) atoms. The molecule has 0 radical (unpaired) electrons. The van der Waals surface area contributed by atoms with Crippen LogP contribution in [0.25, 0.3) is 0 Å². The highest BCUT2D eigenvalue weighted by molar-refractivity contribution is 4.68. The SMILES string of the molecule is C=CCN(O)CCC. The molecule has 0 aromatic rings. The zero-order valence-electron chi connectivity index (χ0n) is 5.30. The summed E-state index contributed by atoms with van der Waals surface area (Å²) in [5.41, 5.74) is 0. The summed E-state index contributed by atoms with van der Waals surface area (Å²) < 4.78 is 0. The molecule has 2 heteroatoms. The summed E-state index contributed by atoms with van der Waals surface area (Å²) in [5.74, 6) is 0. The van der Waals surface area contributed by atoms with Crippen LogP contribution in [-0.4, -0.2) is 23.4 Å².